The number of alkyl halides is 1. The predicted molar refractivity (Wildman–Crippen MR) is 71.7 cm³/mol. The molecule has 0 radical (unpaired) electrons. The molecule has 0 aromatic heterocycles. The van der Waals surface area contributed by atoms with E-state index in [1.165, 1.54) is 31.7 Å². The van der Waals surface area contributed by atoms with Gasteiger partial charge < -0.3 is 0 Å². The minimum atomic E-state index is -0.736. The summed E-state index contributed by atoms with van der Waals surface area (Å²) >= 11 is 3.71. The highest BCUT2D eigenvalue weighted by Gasteiger charge is 2.42. The molecule has 98 valence electrons. The molecule has 2 aliphatic carbocycles. The Morgan fingerprint density at radius 2 is 2.06 bits per heavy atom. The van der Waals surface area contributed by atoms with E-state index in [9.17, 15) is 8.78 Å². The SMILES string of the molecule is Fc1cccc(CC(Br)C2CC3CCC2C3)c1F. The van der Waals surface area contributed by atoms with Gasteiger partial charge in [0.15, 0.2) is 11.6 Å². The van der Waals surface area contributed by atoms with Crippen LogP contribution in [0.15, 0.2) is 18.2 Å². The van der Waals surface area contributed by atoms with Crippen molar-refractivity contribution in [3.63, 3.8) is 0 Å². The molecule has 1 aromatic carbocycles. The lowest BCUT2D eigenvalue weighted by Crippen LogP contribution is -2.23. The molecule has 2 bridgehead atoms. The smallest absolute Gasteiger partial charge is 0.162 e. The van der Waals surface area contributed by atoms with Crippen LogP contribution in [0, 0.1) is 29.4 Å². The molecule has 18 heavy (non-hydrogen) atoms. The fourth-order valence-electron chi connectivity index (χ4n) is 3.80. The third-order valence-corrected chi connectivity index (χ3v) is 5.71. The molecule has 1 aromatic rings. The van der Waals surface area contributed by atoms with E-state index in [0.717, 1.165) is 11.8 Å². The molecule has 2 aliphatic rings. The van der Waals surface area contributed by atoms with Gasteiger partial charge in [-0.2, -0.15) is 0 Å². The van der Waals surface area contributed by atoms with Gasteiger partial charge >= 0.3 is 0 Å². The van der Waals surface area contributed by atoms with Crippen LogP contribution in [-0.2, 0) is 6.42 Å². The summed E-state index contributed by atoms with van der Waals surface area (Å²) < 4.78 is 26.8. The Labute approximate surface area is 115 Å². The van der Waals surface area contributed by atoms with E-state index in [-0.39, 0.29) is 4.83 Å². The van der Waals surface area contributed by atoms with Gasteiger partial charge in [0.2, 0.25) is 0 Å². The molecule has 0 amide bonds. The fourth-order valence-corrected chi connectivity index (χ4v) is 4.80. The molecular formula is C15H17BrF2. The molecule has 0 heterocycles. The van der Waals surface area contributed by atoms with Gasteiger partial charge in [-0.1, -0.05) is 34.5 Å². The van der Waals surface area contributed by atoms with Crippen LogP contribution in [0.4, 0.5) is 8.78 Å². The molecule has 0 spiro atoms. The van der Waals surface area contributed by atoms with E-state index in [1.54, 1.807) is 12.1 Å². The van der Waals surface area contributed by atoms with Gasteiger partial charge in [0, 0.05) is 4.83 Å². The highest BCUT2D eigenvalue weighted by Crippen LogP contribution is 2.51. The van der Waals surface area contributed by atoms with Crippen LogP contribution in [0.5, 0.6) is 0 Å². The normalized spacial score (nSPS) is 31.8. The van der Waals surface area contributed by atoms with Crippen molar-refractivity contribution in [1.82, 2.24) is 0 Å². The summed E-state index contributed by atoms with van der Waals surface area (Å²) in [6, 6.07) is 4.47. The van der Waals surface area contributed by atoms with Gasteiger partial charge in [0.25, 0.3) is 0 Å². The van der Waals surface area contributed by atoms with E-state index >= 15 is 0 Å². The van der Waals surface area contributed by atoms with Crippen LogP contribution in [0.2, 0.25) is 0 Å². The topological polar surface area (TPSA) is 0 Å². The minimum absolute atomic E-state index is 0.282. The highest BCUT2D eigenvalue weighted by molar-refractivity contribution is 9.09. The summed E-state index contributed by atoms with van der Waals surface area (Å²) in [5.74, 6) is 0.921. The summed E-state index contributed by atoms with van der Waals surface area (Å²) in [4.78, 5) is 0.282. The molecule has 3 heteroatoms. The summed E-state index contributed by atoms with van der Waals surface area (Å²) in [5.41, 5.74) is 0.500. The number of hydrogen-bond donors (Lipinski definition) is 0. The summed E-state index contributed by atoms with van der Waals surface area (Å²) in [6.45, 7) is 0. The minimum Gasteiger partial charge on any atom is -0.204 e. The number of rotatable bonds is 3. The maximum absolute atomic E-state index is 13.6. The second-order valence-electron chi connectivity index (χ2n) is 5.77. The van der Waals surface area contributed by atoms with E-state index in [2.05, 4.69) is 15.9 Å². The highest BCUT2D eigenvalue weighted by atomic mass is 79.9. The fraction of sp³-hybridized carbons (Fsp3) is 0.600. The first-order chi connectivity index (χ1) is 8.65. The first-order valence-electron chi connectivity index (χ1n) is 6.72. The van der Waals surface area contributed by atoms with E-state index < -0.39 is 11.6 Å². The molecular weight excluding hydrogens is 298 g/mol. The van der Waals surface area contributed by atoms with Crippen molar-refractivity contribution in [2.24, 2.45) is 17.8 Å². The molecule has 0 N–H and O–H groups in total. The van der Waals surface area contributed by atoms with Crippen LogP contribution in [0.3, 0.4) is 0 Å². The average Bonchev–Trinajstić information content (AvgIpc) is 2.97. The molecule has 2 saturated carbocycles. The standard InChI is InChI=1S/C15H17BrF2/c16-13(12-7-9-4-5-10(12)6-9)8-11-2-1-3-14(17)15(11)18/h1-3,9-10,12-13H,4-8H2. The van der Waals surface area contributed by atoms with Gasteiger partial charge in [-0.05, 0) is 55.1 Å². The Balaban J connectivity index is 1.71. The summed E-state index contributed by atoms with van der Waals surface area (Å²) in [5, 5.41) is 0. The Bertz CT molecular complexity index is 446. The first kappa shape index (κ1) is 12.6. The zero-order valence-corrected chi connectivity index (χ0v) is 11.8. The average molecular weight is 315 g/mol. The van der Waals surface area contributed by atoms with Gasteiger partial charge in [-0.25, -0.2) is 8.78 Å². The zero-order chi connectivity index (χ0) is 12.7. The Morgan fingerprint density at radius 1 is 1.22 bits per heavy atom. The van der Waals surface area contributed by atoms with Crippen LogP contribution in [0.1, 0.15) is 31.2 Å². The van der Waals surface area contributed by atoms with Gasteiger partial charge in [0.1, 0.15) is 0 Å². The Hall–Kier alpha value is -0.440. The third-order valence-electron chi connectivity index (χ3n) is 4.70. The molecule has 0 aliphatic heterocycles. The first-order valence-corrected chi connectivity index (χ1v) is 7.63. The maximum Gasteiger partial charge on any atom is 0.162 e. The van der Waals surface area contributed by atoms with Crippen LogP contribution in [0.25, 0.3) is 0 Å². The zero-order valence-electron chi connectivity index (χ0n) is 10.2. The van der Waals surface area contributed by atoms with Crippen molar-refractivity contribution >= 4 is 15.9 Å². The Kier molecular flexibility index (Phi) is 3.44. The van der Waals surface area contributed by atoms with Gasteiger partial charge in [-0.15, -0.1) is 0 Å². The van der Waals surface area contributed by atoms with E-state index in [1.807, 2.05) is 0 Å². The van der Waals surface area contributed by atoms with Crippen molar-refractivity contribution in [1.29, 1.82) is 0 Å². The molecule has 0 nitrogen and oxygen atoms in total. The van der Waals surface area contributed by atoms with Gasteiger partial charge in [0.05, 0.1) is 0 Å². The van der Waals surface area contributed by atoms with Crippen molar-refractivity contribution in [2.75, 3.05) is 0 Å². The molecule has 2 fully saturated rings. The lowest BCUT2D eigenvalue weighted by atomic mass is 9.84. The van der Waals surface area contributed by atoms with Crippen LogP contribution < -0.4 is 0 Å². The summed E-state index contributed by atoms with van der Waals surface area (Å²) in [7, 11) is 0. The lowest BCUT2D eigenvalue weighted by molar-refractivity contribution is 0.324. The van der Waals surface area contributed by atoms with Crippen LogP contribution >= 0.6 is 15.9 Å². The second kappa shape index (κ2) is 4.92. The van der Waals surface area contributed by atoms with Crippen molar-refractivity contribution in [3.05, 3.63) is 35.4 Å². The quantitative estimate of drug-likeness (QED) is 0.709. The molecule has 4 atom stereocenters. The molecule has 0 saturated heterocycles. The summed E-state index contributed by atoms with van der Waals surface area (Å²) in [6.07, 6.45) is 5.89. The predicted octanol–water partition coefficient (Wildman–Crippen LogP) is 4.71. The largest absolute Gasteiger partial charge is 0.204 e. The number of fused-ring (bicyclic) bond motifs is 2. The number of hydrogen-bond acceptors (Lipinski definition) is 0. The monoisotopic (exact) mass is 314 g/mol. The number of benzene rings is 1. The molecule has 4 unspecified atom stereocenters. The number of halogens is 3. The van der Waals surface area contributed by atoms with Gasteiger partial charge in [-0.3, -0.25) is 0 Å². The Morgan fingerprint density at radius 3 is 2.72 bits per heavy atom. The van der Waals surface area contributed by atoms with Crippen molar-refractivity contribution in [2.45, 2.75) is 36.9 Å². The van der Waals surface area contributed by atoms with Crippen molar-refractivity contribution in [3.8, 4) is 0 Å². The third kappa shape index (κ3) is 2.22. The maximum atomic E-state index is 13.6. The lowest BCUT2D eigenvalue weighted by Gasteiger charge is -2.26. The van der Waals surface area contributed by atoms with E-state index in [0.29, 0.717) is 17.9 Å². The van der Waals surface area contributed by atoms with Crippen LogP contribution in [-0.4, -0.2) is 4.83 Å². The second-order valence-corrected chi connectivity index (χ2v) is 6.95. The molecule has 3 rings (SSSR count). The van der Waals surface area contributed by atoms with Crippen molar-refractivity contribution < 1.29 is 8.78 Å². The van der Waals surface area contributed by atoms with E-state index in [4.69, 9.17) is 0 Å².